The number of hydrogen-bond donors (Lipinski definition) is 2. The molecule has 3 N–H and O–H groups in total. The number of nitrogens with two attached hydrogens (primary N) is 1. The molecule has 2 fully saturated rings. The number of carbonyl (C=O) groups excluding carboxylic acids is 1. The van der Waals surface area contributed by atoms with Crippen LogP contribution < -0.4 is 15.8 Å². The molecule has 1 saturated heterocycles. The van der Waals surface area contributed by atoms with E-state index in [0.29, 0.717) is 13.2 Å². The van der Waals surface area contributed by atoms with E-state index in [9.17, 15) is 4.79 Å². The summed E-state index contributed by atoms with van der Waals surface area (Å²) in [4.78, 5) is 12.3. The number of rotatable bonds is 5. The lowest BCUT2D eigenvalue weighted by molar-refractivity contribution is -0.125. The molecule has 1 amide bonds. The lowest BCUT2D eigenvalue weighted by atomic mass is 10.1. The molecule has 1 heterocycles. The molecule has 5 heteroatoms. The van der Waals surface area contributed by atoms with Crippen molar-refractivity contribution in [2.45, 2.75) is 51.3 Å². The van der Waals surface area contributed by atoms with E-state index in [1.54, 1.807) is 0 Å². The van der Waals surface area contributed by atoms with E-state index in [1.165, 1.54) is 0 Å². The van der Waals surface area contributed by atoms with E-state index in [1.807, 2.05) is 25.1 Å². The number of ether oxygens (including phenoxy) is 2. The first-order valence-corrected chi connectivity index (χ1v) is 8.49. The Bertz CT molecular complexity index is 555. The average molecular weight is 318 g/mol. The summed E-state index contributed by atoms with van der Waals surface area (Å²) in [6.07, 6.45) is 3.66. The predicted octanol–water partition coefficient (Wildman–Crippen LogP) is 1.91. The van der Waals surface area contributed by atoms with E-state index in [-0.39, 0.29) is 24.0 Å². The molecule has 2 aliphatic rings. The molecule has 0 spiro atoms. The zero-order valence-electron chi connectivity index (χ0n) is 13.7. The quantitative estimate of drug-likeness (QED) is 0.870. The zero-order chi connectivity index (χ0) is 16.2. The third-order valence-corrected chi connectivity index (χ3v) is 4.70. The highest BCUT2D eigenvalue weighted by molar-refractivity contribution is 5.79. The van der Waals surface area contributed by atoms with Crippen molar-refractivity contribution < 1.29 is 14.3 Å². The van der Waals surface area contributed by atoms with E-state index in [0.717, 1.165) is 49.2 Å². The zero-order valence-corrected chi connectivity index (χ0v) is 13.7. The summed E-state index contributed by atoms with van der Waals surface area (Å²) in [5, 5.41) is 3.04. The van der Waals surface area contributed by atoms with Crippen LogP contribution in [0.5, 0.6) is 5.75 Å². The van der Waals surface area contributed by atoms with E-state index in [2.05, 4.69) is 5.32 Å². The molecule has 0 aromatic heterocycles. The van der Waals surface area contributed by atoms with Gasteiger partial charge in [-0.3, -0.25) is 4.79 Å². The number of carbonyl (C=O) groups is 1. The van der Waals surface area contributed by atoms with Gasteiger partial charge in [-0.15, -0.1) is 0 Å². The minimum absolute atomic E-state index is 0.0584. The van der Waals surface area contributed by atoms with Gasteiger partial charge < -0.3 is 20.5 Å². The van der Waals surface area contributed by atoms with Crippen molar-refractivity contribution in [2.24, 2.45) is 11.7 Å². The van der Waals surface area contributed by atoms with Crippen LogP contribution in [-0.4, -0.2) is 31.3 Å². The maximum Gasteiger partial charge on any atom is 0.223 e. The summed E-state index contributed by atoms with van der Waals surface area (Å²) in [5.41, 5.74) is 8.05. The molecule has 23 heavy (non-hydrogen) atoms. The first-order chi connectivity index (χ1) is 11.1. The van der Waals surface area contributed by atoms with Crippen LogP contribution >= 0.6 is 0 Å². The second-order valence-electron chi connectivity index (χ2n) is 6.70. The van der Waals surface area contributed by atoms with Gasteiger partial charge in [-0.05, 0) is 37.8 Å². The van der Waals surface area contributed by atoms with Crippen molar-refractivity contribution in [3.8, 4) is 5.75 Å². The van der Waals surface area contributed by atoms with Crippen LogP contribution in [-0.2, 0) is 16.1 Å². The second kappa shape index (κ2) is 7.32. The van der Waals surface area contributed by atoms with Crippen molar-refractivity contribution >= 4 is 5.91 Å². The largest absolute Gasteiger partial charge is 0.488 e. The van der Waals surface area contributed by atoms with Gasteiger partial charge in [0.2, 0.25) is 5.91 Å². The Hall–Kier alpha value is -1.59. The topological polar surface area (TPSA) is 73.6 Å². The highest BCUT2D eigenvalue weighted by Gasteiger charge is 2.27. The third kappa shape index (κ3) is 4.24. The van der Waals surface area contributed by atoms with Crippen molar-refractivity contribution in [2.75, 3.05) is 13.2 Å². The highest BCUT2D eigenvalue weighted by atomic mass is 16.5. The van der Waals surface area contributed by atoms with Crippen LogP contribution in [0.1, 0.15) is 36.8 Å². The van der Waals surface area contributed by atoms with Crippen molar-refractivity contribution in [3.05, 3.63) is 29.3 Å². The Balaban J connectivity index is 1.61. The summed E-state index contributed by atoms with van der Waals surface area (Å²) in [5.74, 6) is 1.01. The maximum atomic E-state index is 12.3. The van der Waals surface area contributed by atoms with Crippen molar-refractivity contribution in [1.29, 1.82) is 0 Å². The molecule has 3 atom stereocenters. The van der Waals surface area contributed by atoms with Gasteiger partial charge in [0, 0.05) is 30.5 Å². The first-order valence-electron chi connectivity index (χ1n) is 8.49. The summed E-state index contributed by atoms with van der Waals surface area (Å²) in [6, 6.07) is 6.28. The fourth-order valence-corrected chi connectivity index (χ4v) is 3.28. The number of hydrogen-bond acceptors (Lipinski definition) is 4. The highest BCUT2D eigenvalue weighted by Crippen LogP contribution is 2.26. The minimum Gasteiger partial charge on any atom is -0.488 e. The van der Waals surface area contributed by atoms with Gasteiger partial charge in [0.05, 0.1) is 13.2 Å². The van der Waals surface area contributed by atoms with E-state index in [4.69, 9.17) is 15.2 Å². The molecule has 0 radical (unpaired) electrons. The molecule has 0 unspecified atom stereocenters. The molecule has 0 bridgehead atoms. The van der Waals surface area contributed by atoms with Crippen molar-refractivity contribution in [1.82, 2.24) is 5.32 Å². The summed E-state index contributed by atoms with van der Waals surface area (Å²) in [7, 11) is 0. The van der Waals surface area contributed by atoms with Gasteiger partial charge in [0.25, 0.3) is 0 Å². The molecule has 126 valence electrons. The van der Waals surface area contributed by atoms with Crippen LogP contribution in [0.4, 0.5) is 0 Å². The summed E-state index contributed by atoms with van der Waals surface area (Å²) < 4.78 is 11.4. The Morgan fingerprint density at radius 3 is 2.96 bits per heavy atom. The molecule has 5 nitrogen and oxygen atoms in total. The molecule has 1 aliphatic heterocycles. The van der Waals surface area contributed by atoms with E-state index >= 15 is 0 Å². The van der Waals surface area contributed by atoms with E-state index < -0.39 is 0 Å². The maximum absolute atomic E-state index is 12.3. The molecule has 1 aliphatic carbocycles. The molecule has 1 aromatic rings. The van der Waals surface area contributed by atoms with Crippen LogP contribution in [0.25, 0.3) is 0 Å². The summed E-state index contributed by atoms with van der Waals surface area (Å²) >= 11 is 0. The Morgan fingerprint density at radius 1 is 1.39 bits per heavy atom. The van der Waals surface area contributed by atoms with Crippen LogP contribution in [0.3, 0.4) is 0 Å². The number of amides is 1. The lowest BCUT2D eigenvalue weighted by Gasteiger charge is -2.17. The van der Waals surface area contributed by atoms with Gasteiger partial charge in [0.15, 0.2) is 0 Å². The van der Waals surface area contributed by atoms with Gasteiger partial charge >= 0.3 is 0 Å². The van der Waals surface area contributed by atoms with Gasteiger partial charge in [-0.25, -0.2) is 0 Å². The SMILES string of the molecule is Cc1ccc(CNC(=O)[C@@H]2CC[C@@H](N)C2)c(O[C@@H]2CCOC2)c1. The normalized spacial score (nSPS) is 27.1. The standard InChI is InChI=1S/C18H26N2O3/c1-12-2-3-14(17(8-12)23-16-6-7-22-11-16)10-20-18(21)13-4-5-15(19)9-13/h2-3,8,13,15-16H,4-7,9-11,19H2,1H3,(H,20,21)/t13-,15-,16-/m1/s1. The van der Waals surface area contributed by atoms with Crippen LogP contribution in [0, 0.1) is 12.8 Å². The fourth-order valence-electron chi connectivity index (χ4n) is 3.28. The first kappa shape index (κ1) is 16.3. The Morgan fingerprint density at radius 2 is 2.26 bits per heavy atom. The minimum atomic E-state index is 0.0584. The van der Waals surface area contributed by atoms with Gasteiger partial charge in [-0.1, -0.05) is 12.1 Å². The van der Waals surface area contributed by atoms with Crippen molar-refractivity contribution in [3.63, 3.8) is 0 Å². The summed E-state index contributed by atoms with van der Waals surface area (Å²) in [6.45, 7) is 3.93. The van der Waals surface area contributed by atoms with Gasteiger partial charge in [0.1, 0.15) is 11.9 Å². The third-order valence-electron chi connectivity index (χ3n) is 4.70. The molecular formula is C18H26N2O3. The monoisotopic (exact) mass is 318 g/mol. The van der Waals surface area contributed by atoms with Gasteiger partial charge in [-0.2, -0.15) is 0 Å². The Labute approximate surface area is 137 Å². The smallest absolute Gasteiger partial charge is 0.223 e. The predicted molar refractivity (Wildman–Crippen MR) is 88.2 cm³/mol. The molecule has 1 aromatic carbocycles. The molecular weight excluding hydrogens is 292 g/mol. The number of benzene rings is 1. The lowest BCUT2D eigenvalue weighted by Crippen LogP contribution is -2.30. The molecule has 3 rings (SSSR count). The fraction of sp³-hybridized carbons (Fsp3) is 0.611. The van der Waals surface area contributed by atoms with Crippen LogP contribution in [0.15, 0.2) is 18.2 Å². The average Bonchev–Trinajstić information content (AvgIpc) is 3.18. The van der Waals surface area contributed by atoms with Crippen LogP contribution in [0.2, 0.25) is 0 Å². The Kier molecular flexibility index (Phi) is 5.18. The molecule has 1 saturated carbocycles. The second-order valence-corrected chi connectivity index (χ2v) is 6.70. The number of aryl methyl sites for hydroxylation is 1. The number of nitrogens with one attached hydrogen (secondary N) is 1.